The maximum Gasteiger partial charge on any atom is 0.384 e. The van der Waals surface area contributed by atoms with E-state index in [1.54, 1.807) is 0 Å². The van der Waals surface area contributed by atoms with Crippen LogP contribution in [0.3, 0.4) is 0 Å². The lowest BCUT2D eigenvalue weighted by atomic mass is 10.1. The normalized spacial score (nSPS) is 10.7. The predicted molar refractivity (Wildman–Crippen MR) is 57.7 cm³/mol. The van der Waals surface area contributed by atoms with Crippen LogP contribution in [0.5, 0.6) is 0 Å². The van der Waals surface area contributed by atoms with Crippen LogP contribution in [0.4, 0.5) is 0 Å². The Bertz CT molecular complexity index is 235. The Kier molecular flexibility index (Phi) is 5.30. The molecule has 0 aromatic carbocycles. The first-order valence-electron chi connectivity index (χ1n) is 5.03. The van der Waals surface area contributed by atoms with Crippen molar-refractivity contribution < 1.29 is 9.53 Å². The van der Waals surface area contributed by atoms with Crippen molar-refractivity contribution in [1.29, 1.82) is 0 Å². The van der Waals surface area contributed by atoms with E-state index in [0.29, 0.717) is 5.92 Å². The molecule has 2 nitrogen and oxygen atoms in total. The first-order valence-corrected chi connectivity index (χ1v) is 5.03. The molecule has 0 aliphatic carbocycles. The smallest absolute Gasteiger partial charge is 0.384 e. The average Bonchev–Trinajstić information content (AvgIpc) is 1.94. The van der Waals surface area contributed by atoms with Gasteiger partial charge in [0.05, 0.1) is 0 Å². The molecule has 0 aromatic rings. The summed E-state index contributed by atoms with van der Waals surface area (Å²) >= 11 is 0. The van der Waals surface area contributed by atoms with Gasteiger partial charge < -0.3 is 4.74 Å². The van der Waals surface area contributed by atoms with E-state index in [1.807, 2.05) is 20.8 Å². The fourth-order valence-corrected chi connectivity index (χ4v) is 0.799. The Morgan fingerprint density at radius 1 is 1.36 bits per heavy atom. The third-order valence-corrected chi connectivity index (χ3v) is 1.44. The molecule has 0 heterocycles. The van der Waals surface area contributed by atoms with Crippen molar-refractivity contribution in [3.8, 4) is 11.8 Å². The van der Waals surface area contributed by atoms with Crippen LogP contribution in [0, 0.1) is 17.8 Å². The molecule has 0 unspecified atom stereocenters. The maximum atomic E-state index is 11.1. The molecule has 0 amide bonds. The van der Waals surface area contributed by atoms with Crippen LogP contribution in [0.15, 0.2) is 0 Å². The largest absolute Gasteiger partial charge is 0.450 e. The Labute approximate surface area is 87.0 Å². The van der Waals surface area contributed by atoms with Gasteiger partial charge in [-0.15, -0.1) is 0 Å². The summed E-state index contributed by atoms with van der Waals surface area (Å²) in [5, 5.41) is 0. The van der Waals surface area contributed by atoms with Gasteiger partial charge in [-0.1, -0.05) is 19.8 Å². The van der Waals surface area contributed by atoms with Crippen LogP contribution >= 0.6 is 0 Å². The van der Waals surface area contributed by atoms with Crippen molar-refractivity contribution in [1.82, 2.24) is 0 Å². The second kappa shape index (κ2) is 5.70. The molecule has 0 saturated carbocycles. The SMILES string of the molecule is CC(C)CCC#CC(=O)OC(C)(C)C. The summed E-state index contributed by atoms with van der Waals surface area (Å²) in [5.41, 5.74) is -0.441. The highest BCUT2D eigenvalue weighted by Gasteiger charge is 2.13. The summed E-state index contributed by atoms with van der Waals surface area (Å²) in [4.78, 5) is 11.1. The molecule has 0 N–H and O–H groups in total. The van der Waals surface area contributed by atoms with E-state index in [9.17, 15) is 4.79 Å². The molecule has 0 spiro atoms. The van der Waals surface area contributed by atoms with E-state index in [0.717, 1.165) is 12.8 Å². The van der Waals surface area contributed by atoms with Crippen molar-refractivity contribution in [3.05, 3.63) is 0 Å². The molecule has 0 aromatic heterocycles. The van der Waals surface area contributed by atoms with Gasteiger partial charge in [0, 0.05) is 12.3 Å². The lowest BCUT2D eigenvalue weighted by Gasteiger charge is -2.16. The first kappa shape index (κ1) is 13.0. The van der Waals surface area contributed by atoms with E-state index in [-0.39, 0.29) is 0 Å². The second-order valence-electron chi connectivity index (χ2n) is 4.74. The van der Waals surface area contributed by atoms with Gasteiger partial charge in [0.25, 0.3) is 0 Å². The summed E-state index contributed by atoms with van der Waals surface area (Å²) < 4.78 is 5.03. The average molecular weight is 196 g/mol. The molecular formula is C12H20O2. The molecule has 0 aliphatic heterocycles. The van der Waals surface area contributed by atoms with Crippen molar-refractivity contribution in [3.63, 3.8) is 0 Å². The summed E-state index contributed by atoms with van der Waals surface area (Å²) in [7, 11) is 0. The fourth-order valence-electron chi connectivity index (χ4n) is 0.799. The maximum absolute atomic E-state index is 11.1. The Hall–Kier alpha value is -0.970. The van der Waals surface area contributed by atoms with Crippen LogP contribution in [0.2, 0.25) is 0 Å². The van der Waals surface area contributed by atoms with Crippen molar-refractivity contribution in [2.75, 3.05) is 0 Å². The lowest BCUT2D eigenvalue weighted by molar-refractivity contribution is -0.147. The molecule has 0 atom stereocenters. The number of hydrogen-bond acceptors (Lipinski definition) is 2. The van der Waals surface area contributed by atoms with Gasteiger partial charge in [-0.05, 0) is 33.1 Å². The third-order valence-electron chi connectivity index (χ3n) is 1.44. The zero-order chi connectivity index (χ0) is 11.2. The highest BCUT2D eigenvalue weighted by Crippen LogP contribution is 2.06. The number of carbonyl (C=O) groups excluding carboxylic acids is 1. The van der Waals surface area contributed by atoms with E-state index >= 15 is 0 Å². The summed E-state index contributed by atoms with van der Waals surface area (Å²) in [6.07, 6.45) is 1.78. The van der Waals surface area contributed by atoms with E-state index in [2.05, 4.69) is 25.7 Å². The Balaban J connectivity index is 3.82. The van der Waals surface area contributed by atoms with E-state index < -0.39 is 11.6 Å². The van der Waals surface area contributed by atoms with Gasteiger partial charge in [-0.2, -0.15) is 0 Å². The summed E-state index contributed by atoms with van der Waals surface area (Å²) in [6.45, 7) is 9.77. The number of carbonyl (C=O) groups is 1. The predicted octanol–water partition coefficient (Wildman–Crippen LogP) is 2.77. The number of rotatable bonds is 2. The zero-order valence-corrected chi connectivity index (χ0v) is 9.81. The molecule has 2 heteroatoms. The molecule has 0 rings (SSSR count). The molecule has 0 radical (unpaired) electrons. The molecule has 0 aliphatic rings. The minimum Gasteiger partial charge on any atom is -0.450 e. The quantitative estimate of drug-likeness (QED) is 0.385. The molecular weight excluding hydrogens is 176 g/mol. The van der Waals surface area contributed by atoms with Crippen LogP contribution in [-0.2, 0) is 9.53 Å². The number of hydrogen-bond donors (Lipinski definition) is 0. The molecule has 80 valence electrons. The Morgan fingerprint density at radius 3 is 2.36 bits per heavy atom. The van der Waals surface area contributed by atoms with Gasteiger partial charge in [0.15, 0.2) is 0 Å². The van der Waals surface area contributed by atoms with Crippen LogP contribution in [0.1, 0.15) is 47.5 Å². The third kappa shape index (κ3) is 9.12. The van der Waals surface area contributed by atoms with Crippen LogP contribution < -0.4 is 0 Å². The molecule has 0 saturated heterocycles. The zero-order valence-electron chi connectivity index (χ0n) is 9.81. The van der Waals surface area contributed by atoms with Crippen molar-refractivity contribution in [2.45, 2.75) is 53.1 Å². The topological polar surface area (TPSA) is 26.3 Å². The van der Waals surface area contributed by atoms with E-state index in [4.69, 9.17) is 4.74 Å². The minimum atomic E-state index is -0.441. The standard InChI is InChI=1S/C12H20O2/c1-10(2)8-6-7-9-11(13)14-12(3,4)5/h10H,6,8H2,1-5H3. The lowest BCUT2D eigenvalue weighted by Crippen LogP contribution is -2.22. The van der Waals surface area contributed by atoms with Crippen molar-refractivity contribution in [2.24, 2.45) is 5.92 Å². The van der Waals surface area contributed by atoms with Gasteiger partial charge in [0.2, 0.25) is 0 Å². The fraction of sp³-hybridized carbons (Fsp3) is 0.750. The molecule has 0 bridgehead atoms. The number of esters is 1. The molecule has 0 fully saturated rings. The number of ether oxygens (including phenoxy) is 1. The van der Waals surface area contributed by atoms with E-state index in [1.165, 1.54) is 0 Å². The summed E-state index contributed by atoms with van der Waals surface area (Å²) in [5.74, 6) is 5.50. The highest BCUT2D eigenvalue weighted by molar-refractivity contribution is 5.88. The van der Waals surface area contributed by atoms with Crippen LogP contribution in [0.25, 0.3) is 0 Å². The monoisotopic (exact) mass is 196 g/mol. The minimum absolute atomic E-state index is 0.429. The van der Waals surface area contributed by atoms with Gasteiger partial charge in [-0.3, -0.25) is 0 Å². The molecule has 14 heavy (non-hydrogen) atoms. The Morgan fingerprint density at radius 2 is 1.93 bits per heavy atom. The first-order chi connectivity index (χ1) is 6.31. The van der Waals surface area contributed by atoms with Crippen LogP contribution in [-0.4, -0.2) is 11.6 Å². The van der Waals surface area contributed by atoms with Gasteiger partial charge in [-0.25, -0.2) is 4.79 Å². The van der Waals surface area contributed by atoms with Gasteiger partial charge in [0.1, 0.15) is 5.60 Å². The van der Waals surface area contributed by atoms with Gasteiger partial charge >= 0.3 is 5.97 Å². The second-order valence-corrected chi connectivity index (χ2v) is 4.74. The van der Waals surface area contributed by atoms with Crippen molar-refractivity contribution >= 4 is 5.97 Å². The summed E-state index contributed by atoms with van der Waals surface area (Å²) in [6, 6.07) is 0. The highest BCUT2D eigenvalue weighted by atomic mass is 16.6.